The van der Waals surface area contributed by atoms with Crippen LogP contribution in [-0.4, -0.2) is 6.54 Å². The smallest absolute Gasteiger partial charge is 0.00773 e. The summed E-state index contributed by atoms with van der Waals surface area (Å²) in [5.74, 6) is 0. The van der Waals surface area contributed by atoms with E-state index >= 15 is 0 Å². The molecule has 0 saturated heterocycles. The fourth-order valence-electron chi connectivity index (χ4n) is 2.82. The van der Waals surface area contributed by atoms with Gasteiger partial charge in [0.05, 0.1) is 0 Å². The van der Waals surface area contributed by atoms with Crippen LogP contribution in [0.3, 0.4) is 0 Å². The highest BCUT2D eigenvalue weighted by Crippen LogP contribution is 2.13. The van der Waals surface area contributed by atoms with Gasteiger partial charge in [-0.2, -0.15) is 0 Å². The van der Waals surface area contributed by atoms with Crippen molar-refractivity contribution in [2.24, 2.45) is 5.73 Å². The topological polar surface area (TPSA) is 26.0 Å². The molecule has 120 valence electrons. The maximum Gasteiger partial charge on any atom is -0.00773 e. The van der Waals surface area contributed by atoms with Crippen molar-refractivity contribution >= 4 is 0 Å². The summed E-state index contributed by atoms with van der Waals surface area (Å²) in [5.41, 5.74) is 8.35. The molecule has 21 heavy (non-hydrogen) atoms. The first-order valence-corrected chi connectivity index (χ1v) is 9.08. The van der Waals surface area contributed by atoms with Crippen molar-refractivity contribution in [1.29, 1.82) is 0 Å². The second kappa shape index (κ2) is 12.9. The Morgan fingerprint density at radius 3 is 1.52 bits per heavy atom. The van der Waals surface area contributed by atoms with Gasteiger partial charge in [0, 0.05) is 0 Å². The molecule has 1 aromatic rings. The molecule has 0 spiro atoms. The van der Waals surface area contributed by atoms with Crippen LogP contribution in [0.25, 0.3) is 0 Å². The molecule has 0 aliphatic carbocycles. The lowest BCUT2D eigenvalue weighted by atomic mass is 10.0. The van der Waals surface area contributed by atoms with E-state index in [1.54, 1.807) is 0 Å². The molecule has 2 N–H and O–H groups in total. The number of benzene rings is 1. The van der Waals surface area contributed by atoms with Gasteiger partial charge in [0.2, 0.25) is 0 Å². The molecule has 0 aliphatic rings. The minimum Gasteiger partial charge on any atom is -0.330 e. The first-order chi connectivity index (χ1) is 10.3. The molecule has 0 aromatic heterocycles. The zero-order valence-corrected chi connectivity index (χ0v) is 14.1. The monoisotopic (exact) mass is 289 g/mol. The molecule has 0 amide bonds. The van der Waals surface area contributed by atoms with Crippen molar-refractivity contribution in [3.8, 4) is 0 Å². The van der Waals surface area contributed by atoms with Gasteiger partial charge in [0.1, 0.15) is 0 Å². The number of rotatable bonds is 13. The third-order valence-corrected chi connectivity index (χ3v) is 4.29. The average Bonchev–Trinajstić information content (AvgIpc) is 2.50. The Labute approximate surface area is 132 Å². The highest BCUT2D eigenvalue weighted by molar-refractivity contribution is 5.21. The molecule has 1 aromatic carbocycles. The molecule has 0 heterocycles. The van der Waals surface area contributed by atoms with E-state index in [0.717, 1.165) is 6.54 Å². The molecule has 0 saturated carbocycles. The van der Waals surface area contributed by atoms with Crippen LogP contribution in [0, 0.1) is 6.92 Å². The highest BCUT2D eigenvalue weighted by Gasteiger charge is 1.95. The van der Waals surface area contributed by atoms with E-state index in [1.807, 2.05) is 0 Å². The van der Waals surface area contributed by atoms with E-state index in [9.17, 15) is 0 Å². The van der Waals surface area contributed by atoms with Crippen molar-refractivity contribution in [2.75, 3.05) is 6.54 Å². The minimum absolute atomic E-state index is 0.864. The van der Waals surface area contributed by atoms with Crippen LogP contribution in [0.15, 0.2) is 24.3 Å². The van der Waals surface area contributed by atoms with Gasteiger partial charge in [-0.15, -0.1) is 0 Å². The molecule has 0 radical (unpaired) electrons. The molecule has 0 fully saturated rings. The fraction of sp³-hybridized carbons (Fsp3) is 0.700. The first-order valence-electron chi connectivity index (χ1n) is 9.08. The van der Waals surface area contributed by atoms with Gasteiger partial charge in [-0.3, -0.25) is 0 Å². The van der Waals surface area contributed by atoms with E-state index < -0.39 is 0 Å². The normalized spacial score (nSPS) is 11.0. The standard InChI is InChI=1S/C20H35N/c1-19-14-16-20(17-15-19)13-11-9-7-5-3-2-4-6-8-10-12-18-21/h14-17H,2-13,18,21H2,1H3. The lowest BCUT2D eigenvalue weighted by molar-refractivity contribution is 0.546. The lowest BCUT2D eigenvalue weighted by Gasteiger charge is -2.04. The van der Waals surface area contributed by atoms with E-state index in [0.29, 0.717) is 0 Å². The number of hydrogen-bond acceptors (Lipinski definition) is 1. The van der Waals surface area contributed by atoms with Crippen molar-refractivity contribution in [3.05, 3.63) is 35.4 Å². The summed E-state index contributed by atoms with van der Waals surface area (Å²) < 4.78 is 0. The van der Waals surface area contributed by atoms with Crippen LogP contribution >= 0.6 is 0 Å². The van der Waals surface area contributed by atoms with Crippen molar-refractivity contribution < 1.29 is 0 Å². The Morgan fingerprint density at radius 1 is 0.619 bits per heavy atom. The molecule has 0 unspecified atom stereocenters. The van der Waals surface area contributed by atoms with Gasteiger partial charge in [-0.05, 0) is 38.3 Å². The van der Waals surface area contributed by atoms with Crippen LogP contribution in [-0.2, 0) is 6.42 Å². The largest absolute Gasteiger partial charge is 0.330 e. The SMILES string of the molecule is Cc1ccc(CCCCCCCCCCCCCN)cc1. The Balaban J connectivity index is 1.81. The second-order valence-corrected chi connectivity index (χ2v) is 6.41. The quantitative estimate of drug-likeness (QED) is 0.457. The predicted octanol–water partition coefficient (Wildman–Crippen LogP) is 5.79. The zero-order valence-electron chi connectivity index (χ0n) is 14.1. The molecular formula is C20H35N. The molecule has 1 nitrogen and oxygen atoms in total. The number of aryl methyl sites for hydroxylation is 2. The molecule has 0 bridgehead atoms. The van der Waals surface area contributed by atoms with E-state index in [1.165, 1.54) is 88.2 Å². The third kappa shape index (κ3) is 10.5. The summed E-state index contributed by atoms with van der Waals surface area (Å²) in [6.07, 6.45) is 16.5. The van der Waals surface area contributed by atoms with Gasteiger partial charge in [-0.1, -0.05) is 87.6 Å². The van der Waals surface area contributed by atoms with Crippen molar-refractivity contribution in [3.63, 3.8) is 0 Å². The van der Waals surface area contributed by atoms with Crippen LogP contribution in [0.2, 0.25) is 0 Å². The first kappa shape index (κ1) is 18.2. The summed E-state index contributed by atoms with van der Waals surface area (Å²) in [6.45, 7) is 3.02. The van der Waals surface area contributed by atoms with Crippen LogP contribution in [0.4, 0.5) is 0 Å². The minimum atomic E-state index is 0.864. The summed E-state index contributed by atoms with van der Waals surface area (Å²) >= 11 is 0. The molecule has 0 aliphatic heterocycles. The van der Waals surface area contributed by atoms with E-state index in [4.69, 9.17) is 5.73 Å². The average molecular weight is 290 g/mol. The van der Waals surface area contributed by atoms with Gasteiger partial charge in [0.15, 0.2) is 0 Å². The summed E-state index contributed by atoms with van der Waals surface area (Å²) in [6, 6.07) is 9.01. The van der Waals surface area contributed by atoms with Crippen LogP contribution in [0.5, 0.6) is 0 Å². The molecule has 0 atom stereocenters. The molecule has 1 heteroatoms. The molecular weight excluding hydrogens is 254 g/mol. The van der Waals surface area contributed by atoms with Crippen molar-refractivity contribution in [2.45, 2.75) is 84.0 Å². The van der Waals surface area contributed by atoms with Crippen LogP contribution < -0.4 is 5.73 Å². The fourth-order valence-corrected chi connectivity index (χ4v) is 2.82. The predicted molar refractivity (Wildman–Crippen MR) is 94.7 cm³/mol. The van der Waals surface area contributed by atoms with Gasteiger partial charge in [-0.25, -0.2) is 0 Å². The zero-order chi connectivity index (χ0) is 15.2. The molecule has 1 rings (SSSR count). The van der Waals surface area contributed by atoms with E-state index in [-0.39, 0.29) is 0 Å². The number of hydrogen-bond donors (Lipinski definition) is 1. The maximum absolute atomic E-state index is 5.49. The number of nitrogens with two attached hydrogens (primary N) is 1. The Kier molecular flexibility index (Phi) is 11.2. The summed E-state index contributed by atoms with van der Waals surface area (Å²) in [5, 5.41) is 0. The summed E-state index contributed by atoms with van der Waals surface area (Å²) in [7, 11) is 0. The third-order valence-electron chi connectivity index (χ3n) is 4.29. The second-order valence-electron chi connectivity index (χ2n) is 6.41. The highest BCUT2D eigenvalue weighted by atomic mass is 14.5. The van der Waals surface area contributed by atoms with E-state index in [2.05, 4.69) is 31.2 Å². The Morgan fingerprint density at radius 2 is 1.05 bits per heavy atom. The maximum atomic E-state index is 5.49. The lowest BCUT2D eigenvalue weighted by Crippen LogP contribution is -1.97. The Hall–Kier alpha value is -0.820. The Bertz CT molecular complexity index is 328. The van der Waals surface area contributed by atoms with Gasteiger partial charge in [0.25, 0.3) is 0 Å². The van der Waals surface area contributed by atoms with Crippen LogP contribution in [0.1, 0.15) is 81.8 Å². The van der Waals surface area contributed by atoms with Gasteiger partial charge < -0.3 is 5.73 Å². The van der Waals surface area contributed by atoms with Crippen molar-refractivity contribution in [1.82, 2.24) is 0 Å². The number of unbranched alkanes of at least 4 members (excludes halogenated alkanes) is 10. The van der Waals surface area contributed by atoms with Gasteiger partial charge >= 0.3 is 0 Å². The summed E-state index contributed by atoms with van der Waals surface area (Å²) in [4.78, 5) is 0.